The summed E-state index contributed by atoms with van der Waals surface area (Å²) in [5.41, 5.74) is 1.24. The number of nitriles is 1. The van der Waals surface area contributed by atoms with Gasteiger partial charge in [0.15, 0.2) is 11.5 Å². The molecular formula is C31H39ClN6O3. The van der Waals surface area contributed by atoms with Crippen LogP contribution in [0.25, 0.3) is 0 Å². The number of nitrogens with one attached hydrogen (secondary N) is 1. The van der Waals surface area contributed by atoms with Gasteiger partial charge < -0.3 is 20.1 Å². The number of hydrogen-bond donors (Lipinski definition) is 2. The molecule has 0 bridgehead atoms. The number of halogens is 1. The van der Waals surface area contributed by atoms with E-state index in [1.54, 1.807) is 24.3 Å². The van der Waals surface area contributed by atoms with Crippen molar-refractivity contribution >= 4 is 23.3 Å². The maximum atomic E-state index is 12.9. The van der Waals surface area contributed by atoms with Crippen LogP contribution in [0.5, 0.6) is 5.75 Å². The van der Waals surface area contributed by atoms with E-state index in [1.807, 2.05) is 6.07 Å². The van der Waals surface area contributed by atoms with Gasteiger partial charge in [-0.25, -0.2) is 0 Å². The molecule has 1 spiro atoms. The van der Waals surface area contributed by atoms with Gasteiger partial charge in [0.1, 0.15) is 11.8 Å². The first-order chi connectivity index (χ1) is 19.9. The van der Waals surface area contributed by atoms with Crippen molar-refractivity contribution < 1.29 is 14.6 Å². The number of nitrogens with zero attached hydrogens (tertiary/aromatic N) is 5. The monoisotopic (exact) mass is 578 g/mol. The van der Waals surface area contributed by atoms with E-state index in [2.05, 4.69) is 31.4 Å². The minimum atomic E-state index is -0.187. The molecule has 10 heteroatoms. The summed E-state index contributed by atoms with van der Waals surface area (Å²) in [7, 11) is 0. The lowest BCUT2D eigenvalue weighted by Crippen LogP contribution is -2.62. The molecule has 218 valence electrons. The van der Waals surface area contributed by atoms with Gasteiger partial charge in [-0.1, -0.05) is 11.6 Å². The summed E-state index contributed by atoms with van der Waals surface area (Å²) >= 11 is 6.12. The predicted molar refractivity (Wildman–Crippen MR) is 156 cm³/mol. The fourth-order valence-corrected chi connectivity index (χ4v) is 7.33. The van der Waals surface area contributed by atoms with Crippen LogP contribution in [0.1, 0.15) is 80.3 Å². The van der Waals surface area contributed by atoms with E-state index in [9.17, 15) is 9.90 Å². The Morgan fingerprint density at radius 1 is 1.02 bits per heavy atom. The first-order valence-electron chi connectivity index (χ1n) is 15.1. The molecule has 0 atom stereocenters. The number of likely N-dealkylation sites (tertiary alicyclic amines) is 1. The predicted octanol–water partition coefficient (Wildman–Crippen LogP) is 4.33. The maximum Gasteiger partial charge on any atom is 0.272 e. The summed E-state index contributed by atoms with van der Waals surface area (Å²) in [6, 6.07) is 11.6. The molecule has 6 rings (SSSR count). The number of anilines is 1. The molecule has 2 aromatic rings. The van der Waals surface area contributed by atoms with Crippen molar-refractivity contribution in [1.82, 2.24) is 20.4 Å². The molecule has 1 amide bonds. The molecule has 2 saturated heterocycles. The van der Waals surface area contributed by atoms with E-state index in [4.69, 9.17) is 21.6 Å². The maximum absolute atomic E-state index is 12.9. The Balaban J connectivity index is 0.920. The highest BCUT2D eigenvalue weighted by Crippen LogP contribution is 2.45. The first kappa shape index (κ1) is 28.2. The average molecular weight is 579 g/mol. The van der Waals surface area contributed by atoms with E-state index >= 15 is 0 Å². The molecule has 2 aliphatic carbocycles. The number of amides is 1. The number of aromatic nitrogens is 2. The highest BCUT2D eigenvalue weighted by molar-refractivity contribution is 6.31. The normalized spacial score (nSPS) is 25.3. The van der Waals surface area contributed by atoms with Gasteiger partial charge in [-0.15, -0.1) is 10.2 Å². The summed E-state index contributed by atoms with van der Waals surface area (Å²) in [4.78, 5) is 17.8. The van der Waals surface area contributed by atoms with Gasteiger partial charge in [-0.05, 0) is 93.9 Å². The number of piperidine rings is 1. The molecule has 2 aliphatic heterocycles. The van der Waals surface area contributed by atoms with Crippen LogP contribution >= 0.6 is 11.6 Å². The molecule has 0 radical (unpaired) electrons. The van der Waals surface area contributed by atoms with Gasteiger partial charge in [-0.2, -0.15) is 5.26 Å². The Morgan fingerprint density at radius 3 is 2.39 bits per heavy atom. The zero-order valence-corrected chi connectivity index (χ0v) is 24.2. The van der Waals surface area contributed by atoms with Crippen molar-refractivity contribution in [3.63, 3.8) is 0 Å². The van der Waals surface area contributed by atoms with Crippen molar-refractivity contribution in [3.05, 3.63) is 46.6 Å². The molecule has 2 saturated carbocycles. The Morgan fingerprint density at radius 2 is 1.76 bits per heavy atom. The van der Waals surface area contributed by atoms with Crippen LogP contribution in [0.2, 0.25) is 5.02 Å². The van der Waals surface area contributed by atoms with Crippen molar-refractivity contribution in [3.8, 4) is 11.8 Å². The quantitative estimate of drug-likeness (QED) is 0.521. The number of hydrogen-bond acceptors (Lipinski definition) is 8. The zero-order chi connectivity index (χ0) is 28.4. The van der Waals surface area contributed by atoms with Crippen molar-refractivity contribution in [1.29, 1.82) is 5.26 Å². The van der Waals surface area contributed by atoms with E-state index in [0.717, 1.165) is 70.3 Å². The van der Waals surface area contributed by atoms with Crippen molar-refractivity contribution in [2.24, 2.45) is 5.41 Å². The number of carbonyl (C=O) groups is 1. The second-order valence-electron chi connectivity index (χ2n) is 12.4. The summed E-state index contributed by atoms with van der Waals surface area (Å²) in [5, 5.41) is 31.0. The molecular weight excluding hydrogens is 540 g/mol. The van der Waals surface area contributed by atoms with E-state index in [1.165, 1.54) is 25.9 Å². The summed E-state index contributed by atoms with van der Waals surface area (Å²) in [5.74, 6) is 1.31. The summed E-state index contributed by atoms with van der Waals surface area (Å²) in [6.45, 7) is 4.28. The molecule has 1 aromatic carbocycles. The van der Waals surface area contributed by atoms with Crippen LogP contribution in [0.3, 0.4) is 0 Å². The molecule has 2 N–H and O–H groups in total. The van der Waals surface area contributed by atoms with E-state index < -0.39 is 0 Å². The molecule has 3 heterocycles. The van der Waals surface area contributed by atoms with Gasteiger partial charge >= 0.3 is 0 Å². The standard InChI is InChI=1S/C31H39ClN6O3/c32-27-17-26(4-1-21(27)18-33)41-25-5-2-22(3-6-25)34-30(40)28-7-8-29(36-35-28)37-15-11-23(12-16-37)38-19-31(20-38)13-9-24(39)10-14-31/h1,4,7-8,17,22-25,39H,2-3,5-6,9-16,19-20H2,(H,34,40). The third-order valence-corrected chi connectivity index (χ3v) is 9.97. The Bertz CT molecular complexity index is 1250. The average Bonchev–Trinajstić information content (AvgIpc) is 2.98. The first-order valence-corrected chi connectivity index (χ1v) is 15.5. The van der Waals surface area contributed by atoms with Crippen molar-refractivity contribution in [2.75, 3.05) is 31.1 Å². The smallest absolute Gasteiger partial charge is 0.272 e. The van der Waals surface area contributed by atoms with Gasteiger partial charge in [0.05, 0.1) is 22.8 Å². The number of benzene rings is 1. The van der Waals surface area contributed by atoms with Crippen LogP contribution in [0.4, 0.5) is 5.82 Å². The summed E-state index contributed by atoms with van der Waals surface area (Å²) < 4.78 is 6.06. The minimum Gasteiger partial charge on any atom is -0.490 e. The second-order valence-corrected chi connectivity index (χ2v) is 12.9. The topological polar surface area (TPSA) is 115 Å². The highest BCUT2D eigenvalue weighted by atomic mass is 35.5. The molecule has 4 aliphatic rings. The largest absolute Gasteiger partial charge is 0.490 e. The van der Waals surface area contributed by atoms with Crippen LogP contribution in [-0.4, -0.2) is 76.6 Å². The number of aliphatic hydroxyl groups is 1. The van der Waals surface area contributed by atoms with Gasteiger partial charge in [0, 0.05) is 44.3 Å². The summed E-state index contributed by atoms with van der Waals surface area (Å²) in [6.07, 6.45) is 9.77. The van der Waals surface area contributed by atoms with E-state index in [0.29, 0.717) is 33.5 Å². The fourth-order valence-electron chi connectivity index (χ4n) is 7.12. The lowest BCUT2D eigenvalue weighted by molar-refractivity contribution is -0.0783. The van der Waals surface area contributed by atoms with Crippen LogP contribution in [0.15, 0.2) is 30.3 Å². The second kappa shape index (κ2) is 12.1. The van der Waals surface area contributed by atoms with Crippen LogP contribution in [-0.2, 0) is 0 Å². The SMILES string of the molecule is N#Cc1ccc(OC2CCC(NC(=O)c3ccc(N4CCC(N5CC6(CCC(O)CC6)C5)CC4)nn3)CC2)cc1Cl. The number of rotatable bonds is 6. The van der Waals surface area contributed by atoms with Crippen molar-refractivity contribution in [2.45, 2.75) is 88.5 Å². The Hall–Kier alpha value is -2.93. The molecule has 41 heavy (non-hydrogen) atoms. The van der Waals surface area contributed by atoms with Gasteiger partial charge in [0.2, 0.25) is 0 Å². The highest BCUT2D eigenvalue weighted by Gasteiger charge is 2.47. The third kappa shape index (κ3) is 6.45. The number of ether oxygens (including phenoxy) is 1. The van der Waals surface area contributed by atoms with Crippen LogP contribution < -0.4 is 15.0 Å². The molecule has 0 unspecified atom stereocenters. The number of carbonyl (C=O) groups excluding carboxylic acids is 1. The fraction of sp³-hybridized carbons (Fsp3) is 0.613. The van der Waals surface area contributed by atoms with E-state index in [-0.39, 0.29) is 24.2 Å². The van der Waals surface area contributed by atoms with Gasteiger partial charge in [0.25, 0.3) is 5.91 Å². The van der Waals surface area contributed by atoms with Gasteiger partial charge in [-0.3, -0.25) is 9.69 Å². The molecule has 1 aromatic heterocycles. The minimum absolute atomic E-state index is 0.0545. The third-order valence-electron chi connectivity index (χ3n) is 9.65. The lowest BCUT2D eigenvalue weighted by Gasteiger charge is -2.57. The Kier molecular flexibility index (Phi) is 8.34. The molecule has 9 nitrogen and oxygen atoms in total. The molecule has 4 fully saturated rings. The van der Waals surface area contributed by atoms with Crippen LogP contribution in [0, 0.1) is 16.7 Å². The lowest BCUT2D eigenvalue weighted by atomic mass is 9.67. The zero-order valence-electron chi connectivity index (χ0n) is 23.5. The number of aliphatic hydroxyl groups excluding tert-OH is 1. The Labute approximate surface area is 246 Å².